The minimum Gasteiger partial charge on any atom is -0.480 e. The van der Waals surface area contributed by atoms with Crippen molar-refractivity contribution in [3.05, 3.63) is 27.2 Å². The highest BCUT2D eigenvalue weighted by Gasteiger charge is 2.12. The summed E-state index contributed by atoms with van der Waals surface area (Å²) in [7, 11) is 0. The molecule has 0 unspecified atom stereocenters. The van der Waals surface area contributed by atoms with Crippen LogP contribution in [-0.2, 0) is 19.1 Å². The molecule has 0 spiro atoms. The molecule has 0 aromatic heterocycles. The highest BCUT2D eigenvalue weighted by molar-refractivity contribution is 6.43. The predicted octanol–water partition coefficient (Wildman–Crippen LogP) is 2.21. The van der Waals surface area contributed by atoms with Crippen LogP contribution in [0.2, 0.25) is 15.1 Å². The Labute approximate surface area is 159 Å². The van der Waals surface area contributed by atoms with E-state index in [0.29, 0.717) is 6.54 Å². The summed E-state index contributed by atoms with van der Waals surface area (Å²) >= 11 is 17.5. The fourth-order valence-electron chi connectivity index (χ4n) is 1.50. The Morgan fingerprint density at radius 3 is 2.32 bits per heavy atom. The lowest BCUT2D eigenvalue weighted by atomic mass is 10.3. The summed E-state index contributed by atoms with van der Waals surface area (Å²) in [5.74, 6) is -1.55. The van der Waals surface area contributed by atoms with Gasteiger partial charge in [0.25, 0.3) is 5.91 Å². The van der Waals surface area contributed by atoms with E-state index in [1.165, 1.54) is 12.1 Å². The van der Waals surface area contributed by atoms with Crippen molar-refractivity contribution in [2.24, 2.45) is 0 Å². The van der Waals surface area contributed by atoms with E-state index in [2.05, 4.69) is 10.6 Å². The third-order valence-corrected chi connectivity index (χ3v) is 3.72. The van der Waals surface area contributed by atoms with Gasteiger partial charge in [0, 0.05) is 12.6 Å². The first-order chi connectivity index (χ1) is 11.8. The number of nitrogens with one attached hydrogen (secondary N) is 2. The summed E-state index contributed by atoms with van der Waals surface area (Å²) in [5.41, 5.74) is 0. The number of amides is 2. The van der Waals surface area contributed by atoms with Gasteiger partial charge in [0.1, 0.15) is 5.75 Å². The molecule has 1 aromatic carbocycles. The number of halogens is 3. The smallest absolute Gasteiger partial charge is 0.344 e. The first kappa shape index (κ1) is 21.3. The molecule has 25 heavy (non-hydrogen) atoms. The zero-order chi connectivity index (χ0) is 18.8. The van der Waals surface area contributed by atoms with Crippen molar-refractivity contribution >= 4 is 52.6 Å². The van der Waals surface area contributed by atoms with Crippen LogP contribution in [0.15, 0.2) is 12.1 Å². The third-order valence-electron chi connectivity index (χ3n) is 2.70. The average Bonchev–Trinajstić information content (AvgIpc) is 2.58. The van der Waals surface area contributed by atoms with Gasteiger partial charge in [0.2, 0.25) is 5.91 Å². The first-order valence-electron chi connectivity index (χ1n) is 7.29. The molecule has 138 valence electrons. The van der Waals surface area contributed by atoms with Crippen molar-refractivity contribution in [2.45, 2.75) is 13.3 Å². The van der Waals surface area contributed by atoms with E-state index >= 15 is 0 Å². The SMILES string of the molecule is CCCNC(=O)CNC(=O)COC(=O)COc1cc(Cl)c(Cl)cc1Cl. The average molecular weight is 412 g/mol. The quantitative estimate of drug-likeness (QED) is 0.480. The summed E-state index contributed by atoms with van der Waals surface area (Å²) in [6, 6.07) is 2.74. The van der Waals surface area contributed by atoms with E-state index in [0.717, 1.165) is 6.42 Å². The first-order valence-corrected chi connectivity index (χ1v) is 8.43. The van der Waals surface area contributed by atoms with Crippen molar-refractivity contribution in [3.8, 4) is 5.75 Å². The molecular formula is C15H17Cl3N2O5. The number of benzene rings is 1. The van der Waals surface area contributed by atoms with Gasteiger partial charge in [-0.25, -0.2) is 4.79 Å². The Bertz CT molecular complexity index is 640. The molecule has 1 rings (SSSR count). The number of hydrogen-bond acceptors (Lipinski definition) is 5. The highest BCUT2D eigenvalue weighted by atomic mass is 35.5. The topological polar surface area (TPSA) is 93.7 Å². The second kappa shape index (κ2) is 11.0. The fraction of sp³-hybridized carbons (Fsp3) is 0.400. The maximum Gasteiger partial charge on any atom is 0.344 e. The molecule has 0 atom stereocenters. The fourth-order valence-corrected chi connectivity index (χ4v) is 2.09. The number of ether oxygens (including phenoxy) is 2. The van der Waals surface area contributed by atoms with Crippen LogP contribution in [0.25, 0.3) is 0 Å². The van der Waals surface area contributed by atoms with Crippen molar-refractivity contribution in [3.63, 3.8) is 0 Å². The number of rotatable bonds is 9. The van der Waals surface area contributed by atoms with Gasteiger partial charge in [0.15, 0.2) is 13.2 Å². The lowest BCUT2D eigenvalue weighted by Gasteiger charge is -2.10. The van der Waals surface area contributed by atoms with E-state index in [9.17, 15) is 14.4 Å². The number of esters is 1. The Hall–Kier alpha value is -1.70. The van der Waals surface area contributed by atoms with E-state index in [4.69, 9.17) is 44.3 Å². The maximum absolute atomic E-state index is 11.6. The second-order valence-electron chi connectivity index (χ2n) is 4.77. The van der Waals surface area contributed by atoms with Gasteiger partial charge in [0.05, 0.1) is 21.6 Å². The minimum atomic E-state index is -0.785. The Balaban J connectivity index is 2.30. The molecule has 0 aliphatic rings. The largest absolute Gasteiger partial charge is 0.480 e. The van der Waals surface area contributed by atoms with E-state index in [1.54, 1.807) is 0 Å². The van der Waals surface area contributed by atoms with Crippen molar-refractivity contribution < 1.29 is 23.9 Å². The second-order valence-corrected chi connectivity index (χ2v) is 5.99. The van der Waals surface area contributed by atoms with E-state index in [1.807, 2.05) is 6.92 Å². The van der Waals surface area contributed by atoms with Gasteiger partial charge in [-0.05, 0) is 12.5 Å². The van der Waals surface area contributed by atoms with Crippen LogP contribution in [0.1, 0.15) is 13.3 Å². The highest BCUT2D eigenvalue weighted by Crippen LogP contribution is 2.33. The minimum absolute atomic E-state index is 0.157. The molecule has 0 aliphatic heterocycles. The Kier molecular flexibility index (Phi) is 9.41. The molecule has 0 saturated heterocycles. The van der Waals surface area contributed by atoms with Gasteiger partial charge < -0.3 is 20.1 Å². The summed E-state index contributed by atoms with van der Waals surface area (Å²) in [4.78, 5) is 34.3. The third kappa shape index (κ3) is 8.29. The van der Waals surface area contributed by atoms with Crippen LogP contribution in [0.4, 0.5) is 0 Å². The van der Waals surface area contributed by atoms with Crippen molar-refractivity contribution in [1.29, 1.82) is 0 Å². The van der Waals surface area contributed by atoms with Gasteiger partial charge in [-0.1, -0.05) is 41.7 Å². The molecule has 0 saturated carbocycles. The molecule has 7 nitrogen and oxygen atoms in total. The molecule has 2 amide bonds. The lowest BCUT2D eigenvalue weighted by Crippen LogP contribution is -2.39. The molecular weight excluding hydrogens is 395 g/mol. The zero-order valence-corrected chi connectivity index (χ0v) is 15.6. The van der Waals surface area contributed by atoms with Crippen LogP contribution < -0.4 is 15.4 Å². The zero-order valence-electron chi connectivity index (χ0n) is 13.4. The predicted molar refractivity (Wildman–Crippen MR) is 94.2 cm³/mol. The van der Waals surface area contributed by atoms with E-state index < -0.39 is 25.1 Å². The van der Waals surface area contributed by atoms with Crippen LogP contribution in [0.5, 0.6) is 5.75 Å². The summed E-state index contributed by atoms with van der Waals surface area (Å²) < 4.78 is 9.89. The van der Waals surface area contributed by atoms with E-state index in [-0.39, 0.29) is 33.3 Å². The molecule has 0 fully saturated rings. The van der Waals surface area contributed by atoms with Crippen molar-refractivity contribution in [1.82, 2.24) is 10.6 Å². The van der Waals surface area contributed by atoms with Gasteiger partial charge in [-0.15, -0.1) is 0 Å². The summed E-state index contributed by atoms with van der Waals surface area (Å²) in [6.45, 7) is 1.25. The molecule has 0 heterocycles. The molecule has 0 bridgehead atoms. The maximum atomic E-state index is 11.6. The number of carbonyl (C=O) groups excluding carboxylic acids is 3. The monoisotopic (exact) mass is 410 g/mol. The Morgan fingerprint density at radius 1 is 0.960 bits per heavy atom. The van der Waals surface area contributed by atoms with Crippen LogP contribution >= 0.6 is 34.8 Å². The van der Waals surface area contributed by atoms with Gasteiger partial charge in [-0.2, -0.15) is 0 Å². The number of hydrogen-bond donors (Lipinski definition) is 2. The normalized spacial score (nSPS) is 10.1. The van der Waals surface area contributed by atoms with Crippen LogP contribution in [-0.4, -0.2) is 44.1 Å². The molecule has 10 heteroatoms. The standard InChI is InChI=1S/C15H17Cl3N2O5/c1-2-3-19-13(21)6-20-14(22)7-25-15(23)8-24-12-5-10(17)9(16)4-11(12)18/h4-5H,2-3,6-8H2,1H3,(H,19,21)(H,20,22). The molecule has 0 aliphatic carbocycles. The summed E-state index contributed by atoms with van der Waals surface area (Å²) in [5, 5.41) is 5.56. The number of carbonyl (C=O) groups is 3. The lowest BCUT2D eigenvalue weighted by molar-refractivity contribution is -0.150. The van der Waals surface area contributed by atoms with Crippen LogP contribution in [0, 0.1) is 0 Å². The van der Waals surface area contributed by atoms with Crippen LogP contribution in [0.3, 0.4) is 0 Å². The van der Waals surface area contributed by atoms with Gasteiger partial charge >= 0.3 is 5.97 Å². The molecule has 1 aromatic rings. The summed E-state index contributed by atoms with van der Waals surface area (Å²) in [6.07, 6.45) is 0.792. The Morgan fingerprint density at radius 2 is 1.64 bits per heavy atom. The van der Waals surface area contributed by atoms with Gasteiger partial charge in [-0.3, -0.25) is 9.59 Å². The molecule has 2 N–H and O–H groups in total. The molecule has 0 radical (unpaired) electrons. The van der Waals surface area contributed by atoms with Crippen molar-refractivity contribution in [2.75, 3.05) is 26.3 Å².